The van der Waals surface area contributed by atoms with Gasteiger partial charge in [0.15, 0.2) is 0 Å². The molecule has 2 aromatic carbocycles. The molecule has 0 unspecified atom stereocenters. The van der Waals surface area contributed by atoms with Gasteiger partial charge in [-0.05, 0) is 111 Å². The van der Waals surface area contributed by atoms with Crippen molar-refractivity contribution < 1.29 is 17.9 Å². The van der Waals surface area contributed by atoms with Crippen molar-refractivity contribution in [1.82, 2.24) is 0 Å². The number of allylic oxidation sites excluding steroid dienone is 1. The Labute approximate surface area is 240 Å². The third-order valence-electron chi connectivity index (χ3n) is 9.54. The van der Waals surface area contributed by atoms with Crippen LogP contribution >= 0.6 is 0 Å². The molecule has 2 aromatic rings. The number of ether oxygens (including phenoxy) is 1. The first-order chi connectivity index (χ1) is 19.4. The Kier molecular flexibility index (Phi) is 11.8. The standard InChI is InChI=1S/C36H49F3O/c1-3-5-7-9-28-10-16-30(17-11-28)31-20-14-29(15-21-31)25-36(38,39)40-26-34-23-22-33(24-35(34)37)32-18-12-27(13-19-32)8-6-4-2/h4,14-15,20-24,27-28,30,32H,2-3,5-13,16-19,25-26H2,1H3. The highest BCUT2D eigenvalue weighted by Gasteiger charge is 2.31. The van der Waals surface area contributed by atoms with E-state index in [2.05, 4.69) is 13.5 Å². The lowest BCUT2D eigenvalue weighted by molar-refractivity contribution is -0.244. The maximum atomic E-state index is 14.8. The molecule has 2 aliphatic rings. The van der Waals surface area contributed by atoms with Crippen molar-refractivity contribution in [2.45, 2.75) is 128 Å². The Morgan fingerprint density at radius 1 is 0.825 bits per heavy atom. The second-order valence-electron chi connectivity index (χ2n) is 12.5. The molecule has 0 amide bonds. The molecule has 0 N–H and O–H groups in total. The fraction of sp³-hybridized carbons (Fsp3) is 0.611. The topological polar surface area (TPSA) is 9.23 Å². The van der Waals surface area contributed by atoms with Gasteiger partial charge in [-0.3, -0.25) is 0 Å². The normalized spacial score (nSPS) is 23.7. The summed E-state index contributed by atoms with van der Waals surface area (Å²) in [6.45, 7) is 5.62. The highest BCUT2D eigenvalue weighted by molar-refractivity contribution is 5.28. The Bertz CT molecular complexity index is 1030. The summed E-state index contributed by atoms with van der Waals surface area (Å²) >= 11 is 0. The molecule has 0 aromatic heterocycles. The van der Waals surface area contributed by atoms with Gasteiger partial charge >= 0.3 is 6.11 Å². The lowest BCUT2D eigenvalue weighted by Gasteiger charge is -2.29. The predicted molar refractivity (Wildman–Crippen MR) is 159 cm³/mol. The summed E-state index contributed by atoms with van der Waals surface area (Å²) in [6.07, 6.45) is 15.0. The van der Waals surface area contributed by atoms with E-state index in [1.165, 1.54) is 69.4 Å². The third-order valence-corrected chi connectivity index (χ3v) is 9.54. The SMILES string of the molecule is C=CCCC1CCC(c2ccc(COC(F)(F)Cc3ccc(C4CCC(CCCCC)CC4)cc3)c(F)c2)CC1. The smallest absolute Gasteiger partial charge is 0.315 e. The van der Waals surface area contributed by atoms with Gasteiger partial charge in [0, 0.05) is 5.56 Å². The molecular formula is C36H49F3O. The Morgan fingerprint density at radius 3 is 2.02 bits per heavy atom. The van der Waals surface area contributed by atoms with Crippen molar-refractivity contribution in [3.63, 3.8) is 0 Å². The fourth-order valence-corrected chi connectivity index (χ4v) is 6.92. The van der Waals surface area contributed by atoms with Gasteiger partial charge < -0.3 is 4.74 Å². The second-order valence-corrected chi connectivity index (χ2v) is 12.5. The first kappa shape index (κ1) is 30.9. The highest BCUT2D eigenvalue weighted by atomic mass is 19.3. The van der Waals surface area contributed by atoms with E-state index in [0.29, 0.717) is 17.4 Å². The first-order valence-electron chi connectivity index (χ1n) is 15.9. The minimum atomic E-state index is -3.35. The largest absolute Gasteiger partial charge is 0.360 e. The van der Waals surface area contributed by atoms with Crippen LogP contribution in [0.2, 0.25) is 0 Å². The van der Waals surface area contributed by atoms with E-state index in [1.54, 1.807) is 18.2 Å². The molecule has 0 bridgehead atoms. The molecule has 40 heavy (non-hydrogen) atoms. The average molecular weight is 555 g/mol. The number of unbranched alkanes of at least 4 members (excludes halogenated alkanes) is 2. The van der Waals surface area contributed by atoms with Crippen LogP contribution in [0.15, 0.2) is 55.1 Å². The minimum absolute atomic E-state index is 0.184. The summed E-state index contributed by atoms with van der Waals surface area (Å²) < 4.78 is 49.2. The number of benzene rings is 2. The van der Waals surface area contributed by atoms with Gasteiger partial charge in [0.25, 0.3) is 0 Å². The quantitative estimate of drug-likeness (QED) is 0.167. The molecule has 0 aliphatic heterocycles. The van der Waals surface area contributed by atoms with Crippen LogP contribution in [0.3, 0.4) is 0 Å². The molecule has 2 aliphatic carbocycles. The van der Waals surface area contributed by atoms with Gasteiger partial charge in [-0.25, -0.2) is 4.39 Å². The minimum Gasteiger partial charge on any atom is -0.315 e. The zero-order chi connectivity index (χ0) is 28.4. The van der Waals surface area contributed by atoms with Crippen LogP contribution < -0.4 is 0 Å². The molecule has 1 nitrogen and oxygen atoms in total. The molecule has 0 radical (unpaired) electrons. The van der Waals surface area contributed by atoms with Crippen LogP contribution in [0, 0.1) is 17.7 Å². The maximum absolute atomic E-state index is 14.8. The van der Waals surface area contributed by atoms with Crippen molar-refractivity contribution in [1.29, 1.82) is 0 Å². The number of rotatable bonds is 14. The fourth-order valence-electron chi connectivity index (χ4n) is 6.92. The summed E-state index contributed by atoms with van der Waals surface area (Å²) in [6, 6.07) is 12.7. The van der Waals surface area contributed by atoms with Crippen LogP contribution in [0.25, 0.3) is 0 Å². The van der Waals surface area contributed by atoms with E-state index < -0.39 is 25.0 Å². The highest BCUT2D eigenvalue weighted by Crippen LogP contribution is 2.39. The van der Waals surface area contributed by atoms with Crippen LogP contribution in [-0.2, 0) is 17.8 Å². The van der Waals surface area contributed by atoms with Gasteiger partial charge in [-0.2, -0.15) is 8.78 Å². The van der Waals surface area contributed by atoms with Crippen LogP contribution in [0.4, 0.5) is 13.2 Å². The van der Waals surface area contributed by atoms with E-state index in [4.69, 9.17) is 4.74 Å². The summed E-state index contributed by atoms with van der Waals surface area (Å²) in [7, 11) is 0. The zero-order valence-electron chi connectivity index (χ0n) is 24.5. The van der Waals surface area contributed by atoms with Crippen molar-refractivity contribution >= 4 is 0 Å². The van der Waals surface area contributed by atoms with Gasteiger partial charge in [0.05, 0.1) is 13.0 Å². The Morgan fingerprint density at radius 2 is 1.43 bits per heavy atom. The molecular weight excluding hydrogens is 505 g/mol. The lowest BCUT2D eigenvalue weighted by atomic mass is 9.77. The second kappa shape index (κ2) is 15.2. The third kappa shape index (κ3) is 9.23. The van der Waals surface area contributed by atoms with E-state index in [-0.39, 0.29) is 5.56 Å². The molecule has 2 fully saturated rings. The molecule has 0 heterocycles. The van der Waals surface area contributed by atoms with Gasteiger partial charge in [0.2, 0.25) is 0 Å². The molecule has 0 saturated heterocycles. The van der Waals surface area contributed by atoms with E-state index in [1.807, 2.05) is 24.3 Å². The monoisotopic (exact) mass is 554 g/mol. The molecule has 220 valence electrons. The van der Waals surface area contributed by atoms with Crippen molar-refractivity contribution in [3.8, 4) is 0 Å². The summed E-state index contributed by atoms with van der Waals surface area (Å²) in [5, 5.41) is 0. The van der Waals surface area contributed by atoms with Crippen molar-refractivity contribution in [2.24, 2.45) is 11.8 Å². The summed E-state index contributed by atoms with van der Waals surface area (Å²) in [5.41, 5.74) is 2.96. The maximum Gasteiger partial charge on any atom is 0.360 e. The van der Waals surface area contributed by atoms with Gasteiger partial charge in [-0.15, -0.1) is 6.58 Å². The number of halogens is 3. The van der Waals surface area contributed by atoms with E-state index >= 15 is 0 Å². The number of hydrogen-bond acceptors (Lipinski definition) is 1. The molecule has 4 heteroatoms. The number of hydrogen-bond donors (Lipinski definition) is 0. The van der Waals surface area contributed by atoms with E-state index in [9.17, 15) is 13.2 Å². The summed E-state index contributed by atoms with van der Waals surface area (Å²) in [4.78, 5) is 0. The predicted octanol–water partition coefficient (Wildman–Crippen LogP) is 11.3. The first-order valence-corrected chi connectivity index (χ1v) is 15.9. The van der Waals surface area contributed by atoms with Gasteiger partial charge in [-0.1, -0.05) is 75.1 Å². The van der Waals surface area contributed by atoms with Crippen LogP contribution in [0.1, 0.15) is 131 Å². The van der Waals surface area contributed by atoms with Gasteiger partial charge in [0.1, 0.15) is 5.82 Å². The lowest BCUT2D eigenvalue weighted by Crippen LogP contribution is -2.24. The van der Waals surface area contributed by atoms with Crippen molar-refractivity contribution in [3.05, 3.63) is 83.2 Å². The van der Waals surface area contributed by atoms with Crippen LogP contribution in [0.5, 0.6) is 0 Å². The summed E-state index contributed by atoms with van der Waals surface area (Å²) in [5.74, 6) is 2.00. The molecule has 0 spiro atoms. The van der Waals surface area contributed by atoms with E-state index in [0.717, 1.165) is 49.5 Å². The molecule has 4 rings (SSSR count). The van der Waals surface area contributed by atoms with Crippen LogP contribution in [-0.4, -0.2) is 6.11 Å². The molecule has 2 saturated carbocycles. The van der Waals surface area contributed by atoms with Crippen molar-refractivity contribution in [2.75, 3.05) is 0 Å². The zero-order valence-corrected chi connectivity index (χ0v) is 24.5. The number of alkyl halides is 2. The molecule has 0 atom stereocenters. The Balaban J connectivity index is 1.22. The average Bonchev–Trinajstić information content (AvgIpc) is 2.96. The Hall–Kier alpha value is -2.07.